The predicted octanol–water partition coefficient (Wildman–Crippen LogP) is 6.07. The Balaban J connectivity index is 1.80. The quantitative estimate of drug-likeness (QED) is 0.350. The van der Waals surface area contributed by atoms with Crippen molar-refractivity contribution in [3.8, 4) is 16.9 Å². The molecular formula is C18H17ClF4OSi. The first kappa shape index (κ1) is 18.3. The topological polar surface area (TPSA) is 9.23 Å². The molecule has 1 aliphatic rings. The van der Waals surface area contributed by atoms with E-state index in [0.29, 0.717) is 11.5 Å². The number of hydrogen-bond acceptors (Lipinski definition) is 1. The molecule has 0 aliphatic carbocycles. The van der Waals surface area contributed by atoms with Gasteiger partial charge in [-0.05, 0) is 59.7 Å². The van der Waals surface area contributed by atoms with Crippen LogP contribution < -0.4 is 4.74 Å². The van der Waals surface area contributed by atoms with Crippen LogP contribution in [0.5, 0.6) is 5.75 Å². The molecule has 134 valence electrons. The number of benzene rings is 2. The highest BCUT2D eigenvalue weighted by Crippen LogP contribution is 2.36. The molecule has 0 N–H and O–H groups in total. The summed E-state index contributed by atoms with van der Waals surface area (Å²) in [6.45, 7) is -3.28. The minimum Gasteiger partial charge on any atom is -0.429 e. The summed E-state index contributed by atoms with van der Waals surface area (Å²) in [5.41, 5.74) is 2.09. The SMILES string of the molecule is Fc1cc(-c2ccc(C3CC[SiH](Cl)CC3)cc2)cc(F)c1OC(F)F. The standard InChI is InChI=1S/C18H17ClF4OSi/c19-25-7-5-13(6-8-25)11-1-3-12(4-2-11)14-9-15(20)17(16(21)10-14)24-18(22)23/h1-4,9-10,13,18,25H,5-8H2. The Labute approximate surface area is 149 Å². The summed E-state index contributed by atoms with van der Waals surface area (Å²) in [6, 6.07) is 11.7. The summed E-state index contributed by atoms with van der Waals surface area (Å²) in [5, 5.41) is 0. The Morgan fingerprint density at radius 1 is 0.960 bits per heavy atom. The van der Waals surface area contributed by atoms with Crippen molar-refractivity contribution in [3.05, 3.63) is 53.6 Å². The second-order valence-corrected chi connectivity index (χ2v) is 10.4. The molecule has 2 aromatic rings. The zero-order chi connectivity index (χ0) is 18.0. The zero-order valence-corrected chi connectivity index (χ0v) is 15.2. The summed E-state index contributed by atoms with van der Waals surface area (Å²) < 4.78 is 56.0. The molecule has 0 atom stereocenters. The third-order valence-corrected chi connectivity index (χ3v) is 7.81. The van der Waals surface area contributed by atoms with Gasteiger partial charge in [0.2, 0.25) is 0 Å². The molecule has 0 radical (unpaired) electrons. The molecule has 1 fully saturated rings. The van der Waals surface area contributed by atoms with Gasteiger partial charge in [-0.15, -0.1) is 0 Å². The van der Waals surface area contributed by atoms with Gasteiger partial charge >= 0.3 is 6.61 Å². The van der Waals surface area contributed by atoms with Crippen molar-refractivity contribution in [3.63, 3.8) is 0 Å². The lowest BCUT2D eigenvalue weighted by molar-refractivity contribution is -0.0546. The molecule has 0 unspecified atom stereocenters. The van der Waals surface area contributed by atoms with E-state index in [-0.39, 0.29) is 5.56 Å². The molecule has 0 aromatic heterocycles. The summed E-state index contributed by atoms with van der Waals surface area (Å²) >= 11 is 6.26. The first-order valence-corrected chi connectivity index (χ1v) is 11.5. The fraction of sp³-hybridized carbons (Fsp3) is 0.333. The number of alkyl halides is 2. The molecule has 0 saturated carbocycles. The second kappa shape index (κ2) is 7.79. The Kier molecular flexibility index (Phi) is 5.69. The normalized spacial score (nSPS) is 20.7. The van der Waals surface area contributed by atoms with E-state index >= 15 is 0 Å². The molecule has 2 aromatic carbocycles. The Morgan fingerprint density at radius 2 is 1.52 bits per heavy atom. The lowest BCUT2D eigenvalue weighted by atomic mass is 9.92. The van der Waals surface area contributed by atoms with Crippen LogP contribution in [0.1, 0.15) is 24.3 Å². The van der Waals surface area contributed by atoms with E-state index in [4.69, 9.17) is 11.1 Å². The molecule has 3 rings (SSSR count). The smallest absolute Gasteiger partial charge is 0.387 e. The first-order valence-electron chi connectivity index (χ1n) is 8.12. The van der Waals surface area contributed by atoms with E-state index in [0.717, 1.165) is 37.1 Å². The largest absolute Gasteiger partial charge is 0.429 e. The molecule has 1 heterocycles. The minimum atomic E-state index is -3.28. The van der Waals surface area contributed by atoms with E-state index in [1.165, 1.54) is 5.56 Å². The lowest BCUT2D eigenvalue weighted by Crippen LogP contribution is -2.14. The van der Waals surface area contributed by atoms with Crippen LogP contribution in [0.15, 0.2) is 36.4 Å². The van der Waals surface area contributed by atoms with E-state index in [1.54, 1.807) is 12.1 Å². The third-order valence-electron chi connectivity index (χ3n) is 4.58. The maximum absolute atomic E-state index is 13.9. The summed E-state index contributed by atoms with van der Waals surface area (Å²) in [5.74, 6) is -2.88. The van der Waals surface area contributed by atoms with Gasteiger partial charge < -0.3 is 4.74 Å². The molecular weight excluding hydrogens is 372 g/mol. The minimum absolute atomic E-state index is 0.278. The van der Waals surface area contributed by atoms with Gasteiger partial charge in [-0.2, -0.15) is 19.9 Å². The fourth-order valence-electron chi connectivity index (χ4n) is 3.26. The highest BCUT2D eigenvalue weighted by molar-refractivity contribution is 7.07. The van der Waals surface area contributed by atoms with Crippen molar-refractivity contribution >= 4 is 19.2 Å². The Bertz CT molecular complexity index is 707. The first-order chi connectivity index (χ1) is 11.9. The maximum Gasteiger partial charge on any atom is 0.387 e. The van der Waals surface area contributed by atoms with Crippen LogP contribution in [-0.2, 0) is 0 Å². The van der Waals surface area contributed by atoms with Crippen molar-refractivity contribution in [1.29, 1.82) is 0 Å². The number of hydrogen-bond donors (Lipinski definition) is 0. The van der Waals surface area contributed by atoms with Gasteiger partial charge in [0, 0.05) is 0 Å². The zero-order valence-electron chi connectivity index (χ0n) is 13.3. The van der Waals surface area contributed by atoms with E-state index in [2.05, 4.69) is 4.74 Å². The Hall–Kier alpha value is -1.53. The van der Waals surface area contributed by atoms with E-state index < -0.39 is 32.1 Å². The highest BCUT2D eigenvalue weighted by atomic mass is 35.6. The monoisotopic (exact) mass is 388 g/mol. The lowest BCUT2D eigenvalue weighted by Gasteiger charge is -2.24. The number of ether oxygens (including phenoxy) is 1. The average molecular weight is 389 g/mol. The van der Waals surface area contributed by atoms with Gasteiger partial charge in [0.25, 0.3) is 0 Å². The second-order valence-electron chi connectivity index (χ2n) is 6.22. The van der Waals surface area contributed by atoms with Crippen LogP contribution in [-0.4, -0.2) is 14.7 Å². The van der Waals surface area contributed by atoms with Crippen LogP contribution in [0.3, 0.4) is 0 Å². The summed E-state index contributed by atoms with van der Waals surface area (Å²) in [6.07, 6.45) is 2.17. The molecule has 0 amide bonds. The highest BCUT2D eigenvalue weighted by Gasteiger charge is 2.22. The van der Waals surface area contributed by atoms with Crippen LogP contribution in [0, 0.1) is 11.6 Å². The van der Waals surface area contributed by atoms with Crippen LogP contribution in [0.25, 0.3) is 11.1 Å². The van der Waals surface area contributed by atoms with Crippen molar-refractivity contribution in [2.75, 3.05) is 0 Å². The van der Waals surface area contributed by atoms with Crippen molar-refractivity contribution < 1.29 is 22.3 Å². The number of halogens is 5. The van der Waals surface area contributed by atoms with Gasteiger partial charge in [0.05, 0.1) is 0 Å². The molecule has 1 nitrogen and oxygen atoms in total. The summed E-state index contributed by atoms with van der Waals surface area (Å²) in [7, 11) is -1.02. The van der Waals surface area contributed by atoms with Crippen molar-refractivity contribution in [2.24, 2.45) is 0 Å². The molecule has 7 heteroatoms. The predicted molar refractivity (Wildman–Crippen MR) is 93.0 cm³/mol. The van der Waals surface area contributed by atoms with Gasteiger partial charge in [-0.25, -0.2) is 8.78 Å². The average Bonchev–Trinajstić information content (AvgIpc) is 2.59. The Morgan fingerprint density at radius 3 is 2.04 bits per heavy atom. The third kappa shape index (κ3) is 4.36. The van der Waals surface area contributed by atoms with Crippen LogP contribution in [0.2, 0.25) is 12.1 Å². The van der Waals surface area contributed by atoms with Gasteiger partial charge in [0.1, 0.15) is 8.11 Å². The van der Waals surface area contributed by atoms with Crippen molar-refractivity contribution in [1.82, 2.24) is 0 Å². The molecule has 0 bridgehead atoms. The maximum atomic E-state index is 13.9. The van der Waals surface area contributed by atoms with Crippen molar-refractivity contribution in [2.45, 2.75) is 37.5 Å². The molecule has 0 spiro atoms. The van der Waals surface area contributed by atoms with Gasteiger partial charge in [-0.3, -0.25) is 0 Å². The molecule has 25 heavy (non-hydrogen) atoms. The van der Waals surface area contributed by atoms with E-state index in [1.807, 2.05) is 12.1 Å². The molecule has 1 saturated heterocycles. The van der Waals surface area contributed by atoms with Crippen LogP contribution >= 0.6 is 11.1 Å². The van der Waals surface area contributed by atoms with Crippen LogP contribution in [0.4, 0.5) is 17.6 Å². The van der Waals surface area contributed by atoms with E-state index in [9.17, 15) is 17.6 Å². The van der Waals surface area contributed by atoms with Gasteiger partial charge in [-0.1, -0.05) is 24.3 Å². The van der Waals surface area contributed by atoms with Gasteiger partial charge in [0.15, 0.2) is 17.4 Å². The number of rotatable bonds is 4. The fourth-order valence-corrected chi connectivity index (χ4v) is 5.83. The molecule has 1 aliphatic heterocycles. The summed E-state index contributed by atoms with van der Waals surface area (Å²) in [4.78, 5) is 0.